The molecule has 2 heterocycles. The zero-order valence-electron chi connectivity index (χ0n) is 12.6. The SMILES string of the molecule is OC(CN1CCC(Cn2cccn2)CC1)c1ccc(F)cc1. The predicted octanol–water partition coefficient (Wildman–Crippen LogP) is 2.47. The Bertz CT molecular complexity index is 562. The summed E-state index contributed by atoms with van der Waals surface area (Å²) in [6.07, 6.45) is 5.51. The zero-order chi connectivity index (χ0) is 15.4. The minimum atomic E-state index is -0.553. The molecule has 0 spiro atoms. The van der Waals surface area contributed by atoms with Crippen LogP contribution in [-0.4, -0.2) is 39.4 Å². The van der Waals surface area contributed by atoms with Crippen molar-refractivity contribution in [3.63, 3.8) is 0 Å². The molecule has 1 N–H and O–H groups in total. The van der Waals surface area contributed by atoms with Gasteiger partial charge in [0.25, 0.3) is 0 Å². The van der Waals surface area contributed by atoms with Gasteiger partial charge in [0.15, 0.2) is 0 Å². The summed E-state index contributed by atoms with van der Waals surface area (Å²) >= 11 is 0. The smallest absolute Gasteiger partial charge is 0.123 e. The maximum Gasteiger partial charge on any atom is 0.123 e. The highest BCUT2D eigenvalue weighted by Gasteiger charge is 2.22. The number of aromatic nitrogens is 2. The van der Waals surface area contributed by atoms with Crippen LogP contribution in [0.25, 0.3) is 0 Å². The Morgan fingerprint density at radius 3 is 2.59 bits per heavy atom. The molecule has 1 atom stereocenters. The van der Waals surface area contributed by atoms with Gasteiger partial charge < -0.3 is 10.0 Å². The lowest BCUT2D eigenvalue weighted by Gasteiger charge is -2.33. The fraction of sp³-hybridized carbons (Fsp3) is 0.471. The maximum absolute atomic E-state index is 12.9. The molecule has 118 valence electrons. The third kappa shape index (κ3) is 3.93. The molecule has 1 aliphatic rings. The first-order valence-corrected chi connectivity index (χ1v) is 7.84. The number of β-amino-alcohol motifs (C(OH)–C–C–N with tert-alkyl or cyclic N) is 1. The van der Waals surface area contributed by atoms with Crippen molar-refractivity contribution in [1.82, 2.24) is 14.7 Å². The Balaban J connectivity index is 1.46. The molecule has 4 nitrogen and oxygen atoms in total. The minimum absolute atomic E-state index is 0.268. The zero-order valence-corrected chi connectivity index (χ0v) is 12.6. The van der Waals surface area contributed by atoms with Crippen LogP contribution in [0.2, 0.25) is 0 Å². The van der Waals surface area contributed by atoms with E-state index in [1.165, 1.54) is 12.1 Å². The van der Waals surface area contributed by atoms with Crippen LogP contribution in [0, 0.1) is 11.7 Å². The molecule has 1 aromatic carbocycles. The standard InChI is InChI=1S/C17H22FN3O/c18-16-4-2-15(3-5-16)17(22)13-20-10-6-14(7-11-20)12-21-9-1-8-19-21/h1-5,8-9,14,17,22H,6-7,10-13H2. The second-order valence-corrected chi connectivity index (χ2v) is 6.04. The van der Waals surface area contributed by atoms with Crippen LogP contribution in [0.5, 0.6) is 0 Å². The molecule has 0 radical (unpaired) electrons. The molecule has 2 aromatic rings. The summed E-state index contributed by atoms with van der Waals surface area (Å²) in [5, 5.41) is 14.5. The number of piperidine rings is 1. The Morgan fingerprint density at radius 2 is 1.95 bits per heavy atom. The van der Waals surface area contributed by atoms with E-state index in [0.717, 1.165) is 38.0 Å². The van der Waals surface area contributed by atoms with Gasteiger partial charge >= 0.3 is 0 Å². The maximum atomic E-state index is 12.9. The van der Waals surface area contributed by atoms with Gasteiger partial charge in [-0.1, -0.05) is 12.1 Å². The number of rotatable bonds is 5. The lowest BCUT2D eigenvalue weighted by Crippen LogP contribution is -2.37. The van der Waals surface area contributed by atoms with Crippen LogP contribution in [0.4, 0.5) is 4.39 Å². The van der Waals surface area contributed by atoms with Crippen molar-refractivity contribution in [2.75, 3.05) is 19.6 Å². The van der Waals surface area contributed by atoms with E-state index < -0.39 is 6.10 Å². The Kier molecular flexibility index (Phi) is 4.85. The highest BCUT2D eigenvalue weighted by Crippen LogP contribution is 2.22. The molecule has 1 saturated heterocycles. The van der Waals surface area contributed by atoms with E-state index in [1.807, 2.05) is 23.1 Å². The van der Waals surface area contributed by atoms with E-state index in [1.54, 1.807) is 12.1 Å². The minimum Gasteiger partial charge on any atom is -0.387 e. The van der Waals surface area contributed by atoms with E-state index in [4.69, 9.17) is 0 Å². The van der Waals surface area contributed by atoms with Crippen molar-refractivity contribution in [1.29, 1.82) is 0 Å². The number of benzene rings is 1. The van der Waals surface area contributed by atoms with Crippen LogP contribution < -0.4 is 0 Å². The Morgan fingerprint density at radius 1 is 1.23 bits per heavy atom. The highest BCUT2D eigenvalue weighted by molar-refractivity contribution is 5.18. The van der Waals surface area contributed by atoms with E-state index in [-0.39, 0.29) is 5.82 Å². The fourth-order valence-electron chi connectivity index (χ4n) is 3.06. The summed E-state index contributed by atoms with van der Waals surface area (Å²) in [7, 11) is 0. The Hall–Kier alpha value is -1.72. The molecule has 22 heavy (non-hydrogen) atoms. The van der Waals surface area contributed by atoms with Gasteiger partial charge in [-0.15, -0.1) is 0 Å². The van der Waals surface area contributed by atoms with E-state index in [2.05, 4.69) is 10.00 Å². The number of hydrogen-bond acceptors (Lipinski definition) is 3. The number of aliphatic hydroxyl groups excluding tert-OH is 1. The molecule has 1 aliphatic heterocycles. The molecule has 0 saturated carbocycles. The molecule has 5 heteroatoms. The molecular formula is C17H22FN3O. The molecule has 0 aliphatic carbocycles. The number of halogens is 1. The number of aliphatic hydroxyl groups is 1. The predicted molar refractivity (Wildman–Crippen MR) is 82.8 cm³/mol. The fourth-order valence-corrected chi connectivity index (χ4v) is 3.06. The molecule has 0 bridgehead atoms. The van der Waals surface area contributed by atoms with Crippen LogP contribution in [-0.2, 0) is 6.54 Å². The molecule has 0 amide bonds. The topological polar surface area (TPSA) is 41.3 Å². The first kappa shape index (κ1) is 15.2. The van der Waals surface area contributed by atoms with Crippen molar-refractivity contribution >= 4 is 0 Å². The van der Waals surface area contributed by atoms with Crippen molar-refractivity contribution < 1.29 is 9.50 Å². The second-order valence-electron chi connectivity index (χ2n) is 6.04. The molecule has 1 aromatic heterocycles. The van der Waals surface area contributed by atoms with Crippen molar-refractivity contribution in [3.8, 4) is 0 Å². The summed E-state index contributed by atoms with van der Waals surface area (Å²) in [6, 6.07) is 8.06. The Labute approximate surface area is 130 Å². The lowest BCUT2D eigenvalue weighted by molar-refractivity contribution is 0.0860. The van der Waals surface area contributed by atoms with Crippen LogP contribution in [0.1, 0.15) is 24.5 Å². The van der Waals surface area contributed by atoms with Gasteiger partial charge in [0, 0.05) is 25.5 Å². The van der Waals surface area contributed by atoms with Gasteiger partial charge in [0.1, 0.15) is 5.82 Å². The first-order chi connectivity index (χ1) is 10.7. The number of likely N-dealkylation sites (tertiary alicyclic amines) is 1. The van der Waals surface area contributed by atoms with Crippen molar-refractivity contribution in [2.45, 2.75) is 25.5 Å². The monoisotopic (exact) mass is 303 g/mol. The third-order valence-corrected chi connectivity index (χ3v) is 4.40. The molecular weight excluding hydrogens is 281 g/mol. The van der Waals surface area contributed by atoms with Crippen LogP contribution >= 0.6 is 0 Å². The van der Waals surface area contributed by atoms with Gasteiger partial charge in [0.2, 0.25) is 0 Å². The van der Waals surface area contributed by atoms with Crippen LogP contribution in [0.3, 0.4) is 0 Å². The largest absolute Gasteiger partial charge is 0.387 e. The van der Waals surface area contributed by atoms with Gasteiger partial charge in [-0.05, 0) is 55.6 Å². The highest BCUT2D eigenvalue weighted by atomic mass is 19.1. The number of nitrogens with zero attached hydrogens (tertiary/aromatic N) is 3. The quantitative estimate of drug-likeness (QED) is 0.922. The summed E-state index contributed by atoms with van der Waals surface area (Å²) < 4.78 is 14.9. The summed E-state index contributed by atoms with van der Waals surface area (Å²) in [5.41, 5.74) is 0.778. The third-order valence-electron chi connectivity index (χ3n) is 4.40. The molecule has 3 rings (SSSR count). The van der Waals surface area contributed by atoms with Crippen molar-refractivity contribution in [3.05, 3.63) is 54.1 Å². The normalized spacial score (nSPS) is 18.5. The van der Waals surface area contributed by atoms with Crippen molar-refractivity contribution in [2.24, 2.45) is 5.92 Å². The van der Waals surface area contributed by atoms with Crippen LogP contribution in [0.15, 0.2) is 42.7 Å². The van der Waals surface area contributed by atoms with E-state index in [0.29, 0.717) is 12.5 Å². The van der Waals surface area contributed by atoms with Gasteiger partial charge in [-0.2, -0.15) is 5.10 Å². The number of hydrogen-bond donors (Lipinski definition) is 1. The van der Waals surface area contributed by atoms with E-state index >= 15 is 0 Å². The van der Waals surface area contributed by atoms with Gasteiger partial charge in [-0.3, -0.25) is 4.68 Å². The summed E-state index contributed by atoms with van der Waals surface area (Å²) in [4.78, 5) is 2.29. The second kappa shape index (κ2) is 7.03. The van der Waals surface area contributed by atoms with E-state index in [9.17, 15) is 9.50 Å². The average molecular weight is 303 g/mol. The average Bonchev–Trinajstić information content (AvgIpc) is 3.03. The first-order valence-electron chi connectivity index (χ1n) is 7.84. The molecule has 1 fully saturated rings. The van der Waals surface area contributed by atoms with Gasteiger partial charge in [-0.25, -0.2) is 4.39 Å². The molecule has 1 unspecified atom stereocenters. The van der Waals surface area contributed by atoms with Gasteiger partial charge in [0.05, 0.1) is 6.10 Å². The summed E-state index contributed by atoms with van der Waals surface area (Å²) in [5.74, 6) is 0.384. The summed E-state index contributed by atoms with van der Waals surface area (Å²) in [6.45, 7) is 3.57. The lowest BCUT2D eigenvalue weighted by atomic mass is 9.96.